The molecule has 0 saturated heterocycles. The Hall–Kier alpha value is -1.91. The van der Waals surface area contributed by atoms with Crippen LogP contribution in [0.4, 0.5) is 0 Å². The van der Waals surface area contributed by atoms with Gasteiger partial charge in [-0.1, -0.05) is 19.3 Å². The molecule has 1 aliphatic rings. The highest BCUT2D eigenvalue weighted by atomic mass is 16.5. The lowest BCUT2D eigenvalue weighted by Gasteiger charge is -2.26. The molecule has 1 heterocycles. The lowest BCUT2D eigenvalue weighted by molar-refractivity contribution is 0.0636. The van der Waals surface area contributed by atoms with Crippen molar-refractivity contribution < 1.29 is 9.47 Å². The van der Waals surface area contributed by atoms with E-state index in [0.29, 0.717) is 18.9 Å². The van der Waals surface area contributed by atoms with E-state index in [4.69, 9.17) is 9.47 Å². The molecule has 0 N–H and O–H groups in total. The van der Waals surface area contributed by atoms with E-state index in [-0.39, 0.29) is 24.9 Å². The summed E-state index contributed by atoms with van der Waals surface area (Å²) in [5.74, 6) is 0.0519. The van der Waals surface area contributed by atoms with Gasteiger partial charge in [0.15, 0.2) is 0 Å². The first-order chi connectivity index (χ1) is 11.7. The molecule has 0 spiro atoms. The summed E-state index contributed by atoms with van der Waals surface area (Å²) >= 11 is 0. The first-order valence-electron chi connectivity index (χ1n) is 8.58. The summed E-state index contributed by atoms with van der Waals surface area (Å²) in [6.45, 7) is 4.34. The van der Waals surface area contributed by atoms with Gasteiger partial charge >= 0.3 is 5.69 Å². The predicted octanol–water partition coefficient (Wildman–Crippen LogP) is 1.92. The van der Waals surface area contributed by atoms with Crippen LogP contribution >= 0.6 is 0 Å². The highest BCUT2D eigenvalue weighted by Gasteiger charge is 2.27. The molecule has 0 bridgehead atoms. The van der Waals surface area contributed by atoms with E-state index in [1.165, 1.54) is 4.57 Å². The molecule has 0 atom stereocenters. The van der Waals surface area contributed by atoms with Gasteiger partial charge in [-0.15, -0.1) is 0 Å². The summed E-state index contributed by atoms with van der Waals surface area (Å²) in [7, 11) is 0. The largest absolute Gasteiger partial charge is 0.361 e. The van der Waals surface area contributed by atoms with E-state index in [1.54, 1.807) is 6.92 Å². The van der Waals surface area contributed by atoms with E-state index >= 15 is 0 Å². The summed E-state index contributed by atoms with van der Waals surface area (Å²) < 4.78 is 13.1. The zero-order valence-electron chi connectivity index (χ0n) is 14.4. The Balaban J connectivity index is 2.63. The minimum Gasteiger partial charge on any atom is -0.361 e. The van der Waals surface area contributed by atoms with Crippen LogP contribution in [-0.2, 0) is 22.9 Å². The van der Waals surface area contributed by atoms with Gasteiger partial charge in [-0.2, -0.15) is 5.26 Å². The minimum atomic E-state index is -0.565. The fraction of sp³-hybridized carbons (Fsp3) is 0.706. The first-order valence-corrected chi connectivity index (χ1v) is 8.58. The van der Waals surface area contributed by atoms with Gasteiger partial charge in [0.1, 0.15) is 25.1 Å². The SMILES string of the molecule is CCOCn1c(C2CCCCC2)c(C#N)c(=O)n(COCC)c1=O. The normalized spacial score (nSPS) is 15.4. The highest BCUT2D eigenvalue weighted by Crippen LogP contribution is 2.33. The molecule has 132 valence electrons. The molecular formula is C17H25N3O4. The van der Waals surface area contributed by atoms with Crippen LogP contribution in [0.15, 0.2) is 9.59 Å². The van der Waals surface area contributed by atoms with Gasteiger partial charge < -0.3 is 9.47 Å². The molecule has 0 unspecified atom stereocenters. The van der Waals surface area contributed by atoms with E-state index in [1.807, 2.05) is 13.0 Å². The molecule has 1 aromatic rings. The quantitative estimate of drug-likeness (QED) is 0.760. The Morgan fingerprint density at radius 2 is 1.62 bits per heavy atom. The lowest BCUT2D eigenvalue weighted by atomic mass is 9.85. The standard InChI is InChI=1S/C17H25N3O4/c1-3-23-11-19-15(13-8-6-5-7-9-13)14(10-18)16(21)20(17(19)22)12-24-4-2/h13H,3-9,11-12H2,1-2H3. The monoisotopic (exact) mass is 335 g/mol. The smallest absolute Gasteiger partial charge is 0.335 e. The molecule has 0 amide bonds. The van der Waals surface area contributed by atoms with Crippen molar-refractivity contribution in [3.8, 4) is 6.07 Å². The van der Waals surface area contributed by atoms with Crippen LogP contribution in [0.1, 0.15) is 63.1 Å². The Bertz CT molecular complexity index is 708. The van der Waals surface area contributed by atoms with Crippen molar-refractivity contribution >= 4 is 0 Å². The first kappa shape index (κ1) is 18.4. The number of nitrogens with zero attached hydrogens (tertiary/aromatic N) is 3. The number of ether oxygens (including phenoxy) is 2. The van der Waals surface area contributed by atoms with Crippen LogP contribution in [0.3, 0.4) is 0 Å². The van der Waals surface area contributed by atoms with E-state index in [0.717, 1.165) is 36.7 Å². The van der Waals surface area contributed by atoms with Crippen molar-refractivity contribution in [1.82, 2.24) is 9.13 Å². The molecule has 1 aliphatic carbocycles. The van der Waals surface area contributed by atoms with Crippen LogP contribution in [-0.4, -0.2) is 22.3 Å². The van der Waals surface area contributed by atoms with Crippen molar-refractivity contribution in [3.63, 3.8) is 0 Å². The third-order valence-corrected chi connectivity index (χ3v) is 4.42. The minimum absolute atomic E-state index is 0.0425. The fourth-order valence-electron chi connectivity index (χ4n) is 3.22. The number of nitriles is 1. The molecule has 1 fully saturated rings. The second kappa shape index (κ2) is 8.81. The fourth-order valence-corrected chi connectivity index (χ4v) is 3.22. The Morgan fingerprint density at radius 3 is 2.17 bits per heavy atom. The molecular weight excluding hydrogens is 310 g/mol. The Kier molecular flexibility index (Phi) is 6.76. The summed E-state index contributed by atoms with van der Waals surface area (Å²) in [6.07, 6.45) is 5.00. The van der Waals surface area contributed by atoms with Gasteiger partial charge in [0.2, 0.25) is 0 Å². The van der Waals surface area contributed by atoms with Crippen molar-refractivity contribution in [2.75, 3.05) is 13.2 Å². The van der Waals surface area contributed by atoms with Gasteiger partial charge in [-0.05, 0) is 26.7 Å². The van der Waals surface area contributed by atoms with Crippen molar-refractivity contribution in [2.45, 2.75) is 65.3 Å². The summed E-state index contributed by atoms with van der Waals surface area (Å²) in [6, 6.07) is 2.02. The van der Waals surface area contributed by atoms with Gasteiger partial charge in [0.25, 0.3) is 5.56 Å². The molecule has 24 heavy (non-hydrogen) atoms. The van der Waals surface area contributed by atoms with Gasteiger partial charge in [-0.25, -0.2) is 9.36 Å². The third-order valence-electron chi connectivity index (χ3n) is 4.42. The second-order valence-corrected chi connectivity index (χ2v) is 5.89. The van der Waals surface area contributed by atoms with Crippen molar-refractivity contribution in [2.24, 2.45) is 0 Å². The van der Waals surface area contributed by atoms with Crippen LogP contribution in [0.5, 0.6) is 0 Å². The summed E-state index contributed by atoms with van der Waals surface area (Å²) in [5, 5.41) is 9.56. The van der Waals surface area contributed by atoms with Crippen LogP contribution in [0.2, 0.25) is 0 Å². The Labute approximate surface area is 141 Å². The summed E-state index contributed by atoms with van der Waals surface area (Å²) in [5.41, 5.74) is -0.458. The molecule has 0 radical (unpaired) electrons. The average Bonchev–Trinajstić information content (AvgIpc) is 2.61. The summed E-state index contributed by atoms with van der Waals surface area (Å²) in [4.78, 5) is 25.4. The van der Waals surface area contributed by atoms with Crippen LogP contribution < -0.4 is 11.2 Å². The number of rotatable bonds is 7. The second-order valence-electron chi connectivity index (χ2n) is 5.89. The van der Waals surface area contributed by atoms with E-state index in [2.05, 4.69) is 0 Å². The molecule has 7 heteroatoms. The highest BCUT2D eigenvalue weighted by molar-refractivity contribution is 5.34. The number of aromatic nitrogens is 2. The van der Waals surface area contributed by atoms with Gasteiger partial charge in [0, 0.05) is 19.1 Å². The van der Waals surface area contributed by atoms with Gasteiger partial charge in [0.05, 0.1) is 5.69 Å². The zero-order chi connectivity index (χ0) is 17.5. The van der Waals surface area contributed by atoms with Crippen LogP contribution in [0.25, 0.3) is 0 Å². The Morgan fingerprint density at radius 1 is 1.04 bits per heavy atom. The maximum absolute atomic E-state index is 12.8. The molecule has 2 rings (SSSR count). The third kappa shape index (κ3) is 3.77. The van der Waals surface area contributed by atoms with Gasteiger partial charge in [-0.3, -0.25) is 9.36 Å². The zero-order valence-corrected chi connectivity index (χ0v) is 14.4. The van der Waals surface area contributed by atoms with Crippen molar-refractivity contribution in [3.05, 3.63) is 32.1 Å². The molecule has 0 aliphatic heterocycles. The molecule has 0 aromatic carbocycles. The van der Waals surface area contributed by atoms with Crippen LogP contribution in [0, 0.1) is 11.3 Å². The van der Waals surface area contributed by atoms with E-state index < -0.39 is 11.2 Å². The predicted molar refractivity (Wildman–Crippen MR) is 88.8 cm³/mol. The topological polar surface area (TPSA) is 86.2 Å². The molecule has 7 nitrogen and oxygen atoms in total. The maximum atomic E-state index is 12.8. The van der Waals surface area contributed by atoms with Crippen molar-refractivity contribution in [1.29, 1.82) is 5.26 Å². The molecule has 1 saturated carbocycles. The average molecular weight is 335 g/mol. The number of hydrogen-bond donors (Lipinski definition) is 0. The maximum Gasteiger partial charge on any atom is 0.335 e. The van der Waals surface area contributed by atoms with E-state index in [9.17, 15) is 14.9 Å². The number of hydrogen-bond acceptors (Lipinski definition) is 5. The lowest BCUT2D eigenvalue weighted by Crippen LogP contribution is -2.44. The molecule has 1 aromatic heterocycles.